The molecule has 3 N–H and O–H groups in total. The van der Waals surface area contributed by atoms with E-state index in [1.807, 2.05) is 6.07 Å². The molecule has 5 nitrogen and oxygen atoms in total. The molecule has 2 rings (SSSR count). The first kappa shape index (κ1) is 23.0. The van der Waals surface area contributed by atoms with Gasteiger partial charge in [0.05, 0.1) is 18.8 Å². The number of allylic oxidation sites excluding steroid dienone is 2. The van der Waals surface area contributed by atoms with Gasteiger partial charge in [-0.25, -0.2) is 8.78 Å². The summed E-state index contributed by atoms with van der Waals surface area (Å²) in [6, 6.07) is 8.95. The highest BCUT2D eigenvalue weighted by molar-refractivity contribution is 5.79. The van der Waals surface area contributed by atoms with Gasteiger partial charge in [0.15, 0.2) is 5.41 Å². The van der Waals surface area contributed by atoms with E-state index in [2.05, 4.69) is 0 Å². The molecule has 7 heteroatoms. The van der Waals surface area contributed by atoms with Gasteiger partial charge in [0.2, 0.25) is 0 Å². The maximum Gasteiger partial charge on any atom is 0.320 e. The van der Waals surface area contributed by atoms with Crippen LogP contribution in [-0.4, -0.2) is 46.0 Å². The molecule has 4 unspecified atom stereocenters. The number of aliphatic carboxylic acids is 1. The van der Waals surface area contributed by atoms with E-state index in [-0.39, 0.29) is 25.9 Å². The first-order valence-corrected chi connectivity index (χ1v) is 9.68. The molecule has 4 atom stereocenters. The lowest BCUT2D eigenvalue weighted by molar-refractivity contribution is -0.184. The van der Waals surface area contributed by atoms with E-state index in [1.165, 1.54) is 18.2 Å². The van der Waals surface area contributed by atoms with Gasteiger partial charge in [-0.15, -0.1) is 0 Å². The number of aliphatic hydroxyl groups excluding tert-OH is 2. The quantitative estimate of drug-likeness (QED) is 0.403. The summed E-state index contributed by atoms with van der Waals surface area (Å²) in [4.78, 5) is 12.2. The molecule has 1 fully saturated rings. The molecule has 1 aliphatic rings. The van der Waals surface area contributed by atoms with Crippen molar-refractivity contribution in [2.45, 2.75) is 50.7 Å². The standard InChI is InChI=1S/C22H28F2O5/c1-2-3-12-22(23,24)21(20(27)28,18-14-16(25)15-19(18)26)11-7-8-13-29-17-9-5-4-6-10-17/h2-7,9-11,16,18-19,25-26H,8,12-15H2,1H3,(H,27,28). The average molecular weight is 410 g/mol. The molecule has 1 aromatic carbocycles. The number of hydrogen-bond acceptors (Lipinski definition) is 4. The van der Waals surface area contributed by atoms with Crippen LogP contribution in [0, 0.1) is 11.3 Å². The third-order valence-corrected chi connectivity index (χ3v) is 5.34. The van der Waals surface area contributed by atoms with Gasteiger partial charge in [0.1, 0.15) is 5.75 Å². The Kier molecular flexibility index (Phi) is 7.93. The fourth-order valence-electron chi connectivity index (χ4n) is 3.85. The van der Waals surface area contributed by atoms with E-state index in [0.29, 0.717) is 5.75 Å². The van der Waals surface area contributed by atoms with Crippen LogP contribution in [0.15, 0.2) is 54.6 Å². The van der Waals surface area contributed by atoms with Gasteiger partial charge >= 0.3 is 5.97 Å². The van der Waals surface area contributed by atoms with Crippen LogP contribution in [0.3, 0.4) is 0 Å². The minimum atomic E-state index is -3.65. The molecule has 0 spiro atoms. The van der Waals surface area contributed by atoms with Crippen LogP contribution in [0.2, 0.25) is 0 Å². The number of alkyl halides is 2. The second kappa shape index (κ2) is 9.98. The summed E-state index contributed by atoms with van der Waals surface area (Å²) in [6.45, 7) is 1.76. The predicted molar refractivity (Wildman–Crippen MR) is 105 cm³/mol. The third-order valence-electron chi connectivity index (χ3n) is 5.34. The topological polar surface area (TPSA) is 87.0 Å². The Morgan fingerprint density at radius 2 is 1.90 bits per heavy atom. The highest BCUT2D eigenvalue weighted by Crippen LogP contribution is 2.52. The van der Waals surface area contributed by atoms with Gasteiger partial charge in [0.25, 0.3) is 5.92 Å². The van der Waals surface area contributed by atoms with Crippen molar-refractivity contribution in [3.63, 3.8) is 0 Å². The van der Waals surface area contributed by atoms with Crippen molar-refractivity contribution in [3.8, 4) is 5.75 Å². The van der Waals surface area contributed by atoms with Crippen molar-refractivity contribution in [2.75, 3.05) is 6.61 Å². The number of carboxylic acid groups (broad SMARTS) is 1. The van der Waals surface area contributed by atoms with Crippen LogP contribution in [-0.2, 0) is 4.79 Å². The first-order chi connectivity index (χ1) is 13.7. The molecule has 1 aromatic rings. The summed E-state index contributed by atoms with van der Waals surface area (Å²) in [6.07, 6.45) is 1.75. The van der Waals surface area contributed by atoms with E-state index in [1.54, 1.807) is 31.2 Å². The molecule has 0 radical (unpaired) electrons. The van der Waals surface area contributed by atoms with Gasteiger partial charge in [-0.1, -0.05) is 42.5 Å². The summed E-state index contributed by atoms with van der Waals surface area (Å²) in [5.74, 6) is -6.05. The zero-order chi connectivity index (χ0) is 21.5. The highest BCUT2D eigenvalue weighted by atomic mass is 19.3. The number of para-hydroxylation sites is 1. The molecule has 29 heavy (non-hydrogen) atoms. The second-order valence-electron chi connectivity index (χ2n) is 7.30. The van der Waals surface area contributed by atoms with Crippen LogP contribution in [0.4, 0.5) is 8.78 Å². The third kappa shape index (κ3) is 5.22. The molecular formula is C22H28F2O5. The smallest absolute Gasteiger partial charge is 0.320 e. The van der Waals surface area contributed by atoms with E-state index in [4.69, 9.17) is 4.74 Å². The van der Waals surface area contributed by atoms with Crippen molar-refractivity contribution >= 4 is 5.97 Å². The van der Waals surface area contributed by atoms with Crippen LogP contribution in [0.25, 0.3) is 0 Å². The SMILES string of the molecule is CC=CCC(F)(F)C(C=CCCOc1ccccc1)(C(=O)O)C1CC(O)CC1O. The number of benzene rings is 1. The molecule has 0 heterocycles. The molecule has 160 valence electrons. The van der Waals surface area contributed by atoms with Crippen LogP contribution >= 0.6 is 0 Å². The largest absolute Gasteiger partial charge is 0.493 e. The van der Waals surface area contributed by atoms with E-state index < -0.39 is 41.9 Å². The lowest BCUT2D eigenvalue weighted by Gasteiger charge is -2.40. The lowest BCUT2D eigenvalue weighted by Crippen LogP contribution is -2.53. The van der Waals surface area contributed by atoms with Crippen LogP contribution in [0.5, 0.6) is 5.75 Å². The molecule has 0 bridgehead atoms. The second-order valence-corrected chi connectivity index (χ2v) is 7.30. The van der Waals surface area contributed by atoms with Crippen molar-refractivity contribution < 1.29 is 33.6 Å². The van der Waals surface area contributed by atoms with Crippen LogP contribution in [0.1, 0.15) is 32.6 Å². The molecule has 1 saturated carbocycles. The normalized spacial score (nSPS) is 24.8. The van der Waals surface area contributed by atoms with Crippen LogP contribution < -0.4 is 4.74 Å². The maximum atomic E-state index is 15.2. The zero-order valence-corrected chi connectivity index (χ0v) is 16.4. The Morgan fingerprint density at radius 3 is 2.45 bits per heavy atom. The minimum Gasteiger partial charge on any atom is -0.493 e. The summed E-state index contributed by atoms with van der Waals surface area (Å²) in [7, 11) is 0. The minimum absolute atomic E-state index is 0.121. The van der Waals surface area contributed by atoms with Crippen molar-refractivity contribution in [3.05, 3.63) is 54.6 Å². The van der Waals surface area contributed by atoms with Crippen molar-refractivity contribution in [1.82, 2.24) is 0 Å². The monoisotopic (exact) mass is 410 g/mol. The van der Waals surface area contributed by atoms with Gasteiger partial charge in [-0.3, -0.25) is 4.79 Å². The van der Waals surface area contributed by atoms with Gasteiger partial charge < -0.3 is 20.1 Å². The Labute approximate surface area is 169 Å². The lowest BCUT2D eigenvalue weighted by atomic mass is 9.67. The van der Waals surface area contributed by atoms with E-state index in [0.717, 1.165) is 6.08 Å². The van der Waals surface area contributed by atoms with Gasteiger partial charge in [-0.05, 0) is 38.3 Å². The Morgan fingerprint density at radius 1 is 1.21 bits per heavy atom. The fourth-order valence-corrected chi connectivity index (χ4v) is 3.85. The molecular weight excluding hydrogens is 382 g/mol. The van der Waals surface area contributed by atoms with Crippen molar-refractivity contribution in [1.29, 1.82) is 0 Å². The molecule has 0 amide bonds. The van der Waals surface area contributed by atoms with Gasteiger partial charge in [0, 0.05) is 12.3 Å². The highest BCUT2D eigenvalue weighted by Gasteiger charge is 2.64. The fraction of sp³-hybridized carbons (Fsp3) is 0.500. The van der Waals surface area contributed by atoms with E-state index in [9.17, 15) is 20.1 Å². The summed E-state index contributed by atoms with van der Waals surface area (Å²) in [5, 5.41) is 30.0. The number of carbonyl (C=O) groups is 1. The Bertz CT molecular complexity index is 719. The number of aliphatic hydroxyl groups is 2. The number of hydrogen-bond donors (Lipinski definition) is 3. The number of halogens is 2. The molecule has 0 saturated heterocycles. The molecule has 1 aliphatic carbocycles. The molecule has 0 aliphatic heterocycles. The van der Waals surface area contributed by atoms with E-state index >= 15 is 8.78 Å². The summed E-state index contributed by atoms with van der Waals surface area (Å²) < 4.78 is 35.9. The average Bonchev–Trinajstić information content (AvgIpc) is 3.01. The zero-order valence-electron chi connectivity index (χ0n) is 16.4. The predicted octanol–water partition coefficient (Wildman–Crippen LogP) is 3.82. The number of ether oxygens (including phenoxy) is 1. The summed E-state index contributed by atoms with van der Waals surface area (Å²) >= 11 is 0. The Hall–Kier alpha value is -2.25. The van der Waals surface area contributed by atoms with Crippen molar-refractivity contribution in [2.24, 2.45) is 11.3 Å². The first-order valence-electron chi connectivity index (χ1n) is 9.68. The molecule has 0 aromatic heterocycles. The number of rotatable bonds is 10. The maximum absolute atomic E-state index is 15.2. The Balaban J connectivity index is 2.26. The van der Waals surface area contributed by atoms with Gasteiger partial charge in [-0.2, -0.15) is 0 Å². The summed E-state index contributed by atoms with van der Waals surface area (Å²) in [5.41, 5.74) is -2.63. The number of carboxylic acids is 1.